The first-order chi connectivity index (χ1) is 10.1. The molecule has 2 aliphatic heterocycles. The van der Waals surface area contributed by atoms with Gasteiger partial charge in [0.1, 0.15) is 17.5 Å². The number of benzene rings is 1. The lowest BCUT2D eigenvalue weighted by Crippen LogP contribution is -2.44. The summed E-state index contributed by atoms with van der Waals surface area (Å²) in [6.07, 6.45) is 2.37. The minimum atomic E-state index is -0.403. The van der Waals surface area contributed by atoms with Gasteiger partial charge in [0.25, 0.3) is 0 Å². The Kier molecular flexibility index (Phi) is 2.84. The van der Waals surface area contributed by atoms with E-state index in [0.717, 1.165) is 24.8 Å². The van der Waals surface area contributed by atoms with Crippen LogP contribution in [0.15, 0.2) is 24.3 Å². The standard InChI is InChI=1S/C16H19FN2O2/c1-10-13(5-8-21-10)19-14(11-3-2-4-12(17)9-11)18-16(6-7-16)15(19)20/h2-4,9-10,13-14,18H,5-8H2,1H3. The number of halogens is 1. The maximum atomic E-state index is 13.6. The molecule has 3 unspecified atom stereocenters. The predicted molar refractivity (Wildman–Crippen MR) is 74.9 cm³/mol. The molecule has 1 amide bonds. The second-order valence-corrected chi connectivity index (χ2v) is 6.33. The highest BCUT2D eigenvalue weighted by Gasteiger charge is 2.61. The van der Waals surface area contributed by atoms with Crippen LogP contribution in [0.1, 0.15) is 37.9 Å². The van der Waals surface area contributed by atoms with Crippen LogP contribution in [0.2, 0.25) is 0 Å². The number of nitrogens with zero attached hydrogens (tertiary/aromatic N) is 1. The third-order valence-electron chi connectivity index (χ3n) is 4.94. The average molecular weight is 290 g/mol. The molecular formula is C16H19FN2O2. The van der Waals surface area contributed by atoms with Crippen molar-refractivity contribution in [1.29, 1.82) is 0 Å². The minimum absolute atomic E-state index is 0.0284. The Hall–Kier alpha value is -1.46. The van der Waals surface area contributed by atoms with E-state index in [1.807, 2.05) is 17.9 Å². The molecule has 0 radical (unpaired) electrons. The van der Waals surface area contributed by atoms with Gasteiger partial charge in [-0.25, -0.2) is 4.39 Å². The van der Waals surface area contributed by atoms with Gasteiger partial charge in [-0.05, 0) is 43.9 Å². The highest BCUT2D eigenvalue weighted by molar-refractivity contribution is 5.92. The van der Waals surface area contributed by atoms with Crippen LogP contribution in [0.25, 0.3) is 0 Å². The van der Waals surface area contributed by atoms with Crippen LogP contribution >= 0.6 is 0 Å². The molecule has 1 N–H and O–H groups in total. The maximum absolute atomic E-state index is 13.6. The molecule has 4 rings (SSSR count). The van der Waals surface area contributed by atoms with Crippen molar-refractivity contribution in [3.63, 3.8) is 0 Å². The fourth-order valence-corrected chi connectivity index (χ4v) is 3.59. The molecule has 0 bridgehead atoms. The molecule has 1 aromatic rings. The third-order valence-corrected chi connectivity index (χ3v) is 4.94. The zero-order valence-corrected chi connectivity index (χ0v) is 12.0. The molecule has 0 aromatic heterocycles. The molecule has 5 heteroatoms. The van der Waals surface area contributed by atoms with E-state index >= 15 is 0 Å². The predicted octanol–water partition coefficient (Wildman–Crippen LogP) is 1.97. The molecule has 3 aliphatic rings. The molecule has 2 saturated heterocycles. The lowest BCUT2D eigenvalue weighted by atomic mass is 10.1. The Balaban J connectivity index is 1.72. The maximum Gasteiger partial charge on any atom is 0.244 e. The number of rotatable bonds is 2. The Morgan fingerprint density at radius 2 is 2.24 bits per heavy atom. The molecule has 4 nitrogen and oxygen atoms in total. The fraction of sp³-hybridized carbons (Fsp3) is 0.562. The Bertz CT molecular complexity index is 587. The fourth-order valence-electron chi connectivity index (χ4n) is 3.59. The van der Waals surface area contributed by atoms with Crippen LogP contribution in [0.3, 0.4) is 0 Å². The smallest absolute Gasteiger partial charge is 0.244 e. The van der Waals surface area contributed by atoms with Crippen LogP contribution < -0.4 is 5.32 Å². The summed E-state index contributed by atoms with van der Waals surface area (Å²) >= 11 is 0. The summed E-state index contributed by atoms with van der Waals surface area (Å²) in [6, 6.07) is 6.58. The van der Waals surface area contributed by atoms with Crippen LogP contribution in [-0.2, 0) is 9.53 Å². The normalized spacial score (nSPS) is 33.9. The van der Waals surface area contributed by atoms with Crippen molar-refractivity contribution in [2.45, 2.75) is 50.0 Å². The lowest BCUT2D eigenvalue weighted by molar-refractivity contribution is -0.134. The number of amides is 1. The summed E-state index contributed by atoms with van der Waals surface area (Å²) in [6.45, 7) is 2.68. The van der Waals surface area contributed by atoms with E-state index in [9.17, 15) is 9.18 Å². The van der Waals surface area contributed by atoms with Gasteiger partial charge in [-0.1, -0.05) is 12.1 Å². The van der Waals surface area contributed by atoms with Gasteiger partial charge >= 0.3 is 0 Å². The molecular weight excluding hydrogens is 271 g/mol. The second-order valence-electron chi connectivity index (χ2n) is 6.33. The first-order valence-electron chi connectivity index (χ1n) is 7.58. The molecule has 21 heavy (non-hydrogen) atoms. The number of carbonyl (C=O) groups is 1. The van der Waals surface area contributed by atoms with Gasteiger partial charge in [0.15, 0.2) is 0 Å². The summed E-state index contributed by atoms with van der Waals surface area (Å²) < 4.78 is 19.2. The van der Waals surface area contributed by atoms with E-state index in [-0.39, 0.29) is 30.0 Å². The molecule has 3 fully saturated rings. The molecule has 1 aliphatic carbocycles. The quantitative estimate of drug-likeness (QED) is 0.905. The van der Waals surface area contributed by atoms with Crippen LogP contribution in [0.5, 0.6) is 0 Å². The summed E-state index contributed by atoms with van der Waals surface area (Å²) in [7, 11) is 0. The zero-order chi connectivity index (χ0) is 14.6. The van der Waals surface area contributed by atoms with Crippen molar-refractivity contribution in [3.05, 3.63) is 35.6 Å². The van der Waals surface area contributed by atoms with Crippen molar-refractivity contribution in [1.82, 2.24) is 10.2 Å². The number of hydrogen-bond donors (Lipinski definition) is 1. The molecule has 1 saturated carbocycles. The minimum Gasteiger partial charge on any atom is -0.376 e. The highest BCUT2D eigenvalue weighted by Crippen LogP contribution is 2.47. The SMILES string of the molecule is CC1OCCC1N1C(=O)C2(CC2)NC1c1cccc(F)c1. The van der Waals surface area contributed by atoms with Crippen LogP contribution in [0, 0.1) is 5.82 Å². The van der Waals surface area contributed by atoms with E-state index < -0.39 is 5.54 Å². The monoisotopic (exact) mass is 290 g/mol. The molecule has 1 aromatic carbocycles. The number of nitrogens with one attached hydrogen (secondary N) is 1. The van der Waals surface area contributed by atoms with E-state index in [1.165, 1.54) is 12.1 Å². The highest BCUT2D eigenvalue weighted by atomic mass is 19.1. The van der Waals surface area contributed by atoms with Crippen molar-refractivity contribution >= 4 is 5.91 Å². The van der Waals surface area contributed by atoms with Gasteiger partial charge < -0.3 is 9.64 Å². The van der Waals surface area contributed by atoms with Crippen LogP contribution in [-0.4, -0.2) is 35.1 Å². The molecule has 2 heterocycles. The van der Waals surface area contributed by atoms with E-state index in [1.54, 1.807) is 6.07 Å². The number of carbonyl (C=O) groups excluding carboxylic acids is 1. The van der Waals surface area contributed by atoms with Gasteiger partial charge in [0.05, 0.1) is 12.1 Å². The van der Waals surface area contributed by atoms with Gasteiger partial charge in [0.2, 0.25) is 5.91 Å². The van der Waals surface area contributed by atoms with Gasteiger partial charge in [-0.2, -0.15) is 0 Å². The zero-order valence-electron chi connectivity index (χ0n) is 12.0. The lowest BCUT2D eigenvalue weighted by Gasteiger charge is -2.32. The molecule has 1 spiro atoms. The first-order valence-corrected chi connectivity index (χ1v) is 7.58. The first kappa shape index (κ1) is 13.2. The number of hydrogen-bond acceptors (Lipinski definition) is 3. The van der Waals surface area contributed by atoms with Crippen LogP contribution in [0.4, 0.5) is 4.39 Å². The summed E-state index contributed by atoms with van der Waals surface area (Å²) in [5.74, 6) is -0.117. The van der Waals surface area contributed by atoms with E-state index in [4.69, 9.17) is 4.74 Å². The van der Waals surface area contributed by atoms with E-state index in [0.29, 0.717) is 6.61 Å². The Morgan fingerprint density at radius 1 is 1.43 bits per heavy atom. The third kappa shape index (κ3) is 1.99. The van der Waals surface area contributed by atoms with Crippen molar-refractivity contribution in [3.8, 4) is 0 Å². The largest absolute Gasteiger partial charge is 0.376 e. The summed E-state index contributed by atoms with van der Waals surface area (Å²) in [5.41, 5.74) is 0.408. The Morgan fingerprint density at radius 3 is 2.86 bits per heavy atom. The molecule has 3 atom stereocenters. The Labute approximate surface area is 123 Å². The van der Waals surface area contributed by atoms with Crippen molar-refractivity contribution < 1.29 is 13.9 Å². The summed E-state index contributed by atoms with van der Waals surface area (Å²) in [4.78, 5) is 14.7. The average Bonchev–Trinajstić information content (AvgIpc) is 3.05. The molecule has 112 valence electrons. The van der Waals surface area contributed by atoms with Gasteiger partial charge in [-0.15, -0.1) is 0 Å². The van der Waals surface area contributed by atoms with Gasteiger partial charge in [-0.3, -0.25) is 10.1 Å². The number of ether oxygens (including phenoxy) is 1. The van der Waals surface area contributed by atoms with Crippen molar-refractivity contribution in [2.24, 2.45) is 0 Å². The second kappa shape index (κ2) is 4.52. The van der Waals surface area contributed by atoms with E-state index in [2.05, 4.69) is 5.32 Å². The summed E-state index contributed by atoms with van der Waals surface area (Å²) in [5, 5.41) is 3.44. The van der Waals surface area contributed by atoms with Crippen molar-refractivity contribution in [2.75, 3.05) is 6.61 Å². The van der Waals surface area contributed by atoms with Gasteiger partial charge in [0, 0.05) is 6.61 Å². The topological polar surface area (TPSA) is 41.6 Å².